The molecule has 0 saturated carbocycles. The fourth-order valence-electron chi connectivity index (χ4n) is 2.57. The molecule has 124 valence electrons. The van der Waals surface area contributed by atoms with Crippen molar-refractivity contribution in [1.82, 2.24) is 0 Å². The molecule has 0 bridgehead atoms. The van der Waals surface area contributed by atoms with E-state index < -0.39 is 9.04 Å². The topological polar surface area (TPSA) is 35.5 Å². The molecule has 3 nitrogen and oxygen atoms in total. The van der Waals surface area contributed by atoms with Crippen molar-refractivity contribution in [2.24, 2.45) is 0 Å². The summed E-state index contributed by atoms with van der Waals surface area (Å²) in [6.07, 6.45) is 0.899. The van der Waals surface area contributed by atoms with E-state index >= 15 is 0 Å². The maximum atomic E-state index is 11.7. The van der Waals surface area contributed by atoms with Crippen LogP contribution in [0.5, 0.6) is 11.5 Å². The Kier molecular flexibility index (Phi) is 5.50. The second-order valence-corrected chi connectivity index (χ2v) is 10.4. The molecule has 0 aliphatic carbocycles. The highest BCUT2D eigenvalue weighted by Gasteiger charge is 2.32. The molecule has 0 saturated heterocycles. The fraction of sp³-hybridized carbons (Fsp3) is 0.611. The van der Waals surface area contributed by atoms with Crippen LogP contribution in [0.1, 0.15) is 63.0 Å². The Labute approximate surface area is 136 Å². The summed E-state index contributed by atoms with van der Waals surface area (Å²) in [5.41, 5.74) is 2.36. The molecular weight excluding hydrogens is 292 g/mol. The molecule has 0 fully saturated rings. The summed E-state index contributed by atoms with van der Waals surface area (Å²) in [6, 6.07) is 1.92. The van der Waals surface area contributed by atoms with Crippen LogP contribution >= 0.6 is 0 Å². The fourth-order valence-corrected chi connectivity index (χ4v) is 3.29. The van der Waals surface area contributed by atoms with E-state index in [1.807, 2.05) is 6.07 Å². The molecule has 22 heavy (non-hydrogen) atoms. The van der Waals surface area contributed by atoms with Crippen LogP contribution in [0.4, 0.5) is 0 Å². The smallest absolute Gasteiger partial charge is 0.229 e. The molecule has 0 N–H and O–H groups in total. The maximum absolute atomic E-state index is 11.7. The van der Waals surface area contributed by atoms with Crippen molar-refractivity contribution in [2.45, 2.75) is 65.5 Å². The van der Waals surface area contributed by atoms with Gasteiger partial charge in [0.2, 0.25) is 9.04 Å². The summed E-state index contributed by atoms with van der Waals surface area (Å²) in [5, 5.41) is 0. The quantitative estimate of drug-likeness (QED) is 0.606. The number of aldehydes is 1. The lowest BCUT2D eigenvalue weighted by Gasteiger charge is -2.32. The van der Waals surface area contributed by atoms with Gasteiger partial charge in [-0.25, -0.2) is 0 Å². The molecule has 0 amide bonds. The first-order chi connectivity index (χ1) is 9.93. The molecule has 1 aromatic carbocycles. The SMILES string of the molecule is COc1c(C(C)(C)C)cc(C=O)c(O[SiH](C)C)c1C(C)(C)C. The van der Waals surface area contributed by atoms with Gasteiger partial charge in [0, 0.05) is 11.1 Å². The molecular formula is C18H30O3Si. The zero-order valence-electron chi connectivity index (χ0n) is 15.5. The Balaban J connectivity index is 3.88. The molecule has 0 aliphatic rings. The summed E-state index contributed by atoms with van der Waals surface area (Å²) in [4.78, 5) is 11.7. The molecule has 0 aliphatic heterocycles. The third-order valence-corrected chi connectivity index (χ3v) is 4.21. The summed E-state index contributed by atoms with van der Waals surface area (Å²) in [5.74, 6) is 1.55. The van der Waals surface area contributed by atoms with Gasteiger partial charge in [-0.3, -0.25) is 4.79 Å². The van der Waals surface area contributed by atoms with Crippen LogP contribution in [0.15, 0.2) is 6.07 Å². The van der Waals surface area contributed by atoms with Crippen molar-refractivity contribution >= 4 is 15.3 Å². The van der Waals surface area contributed by atoms with Crippen molar-refractivity contribution < 1.29 is 14.0 Å². The van der Waals surface area contributed by atoms with Crippen LogP contribution in [-0.4, -0.2) is 22.4 Å². The Morgan fingerprint density at radius 2 is 1.55 bits per heavy atom. The van der Waals surface area contributed by atoms with E-state index in [-0.39, 0.29) is 10.8 Å². The number of benzene rings is 1. The van der Waals surface area contributed by atoms with E-state index in [9.17, 15) is 4.79 Å². The molecule has 1 aromatic rings. The van der Waals surface area contributed by atoms with Crippen molar-refractivity contribution in [1.29, 1.82) is 0 Å². The molecule has 4 heteroatoms. The van der Waals surface area contributed by atoms with E-state index in [1.165, 1.54) is 0 Å². The highest BCUT2D eigenvalue weighted by atomic mass is 28.3. The monoisotopic (exact) mass is 322 g/mol. The predicted octanol–water partition coefficient (Wildman–Crippen LogP) is 4.46. The van der Waals surface area contributed by atoms with Crippen LogP contribution in [0.2, 0.25) is 13.1 Å². The Hall–Kier alpha value is -1.29. The largest absolute Gasteiger partial charge is 0.546 e. The maximum Gasteiger partial charge on any atom is 0.229 e. The zero-order valence-corrected chi connectivity index (χ0v) is 16.6. The first-order valence-electron chi connectivity index (χ1n) is 7.81. The van der Waals surface area contributed by atoms with Crippen LogP contribution in [-0.2, 0) is 10.8 Å². The first kappa shape index (κ1) is 18.8. The standard InChI is InChI=1S/C18H30O3Si/c1-17(2,3)13-10-12(11-19)15(21-22(8)9)14(16(13)20-7)18(4,5)6/h10-11,22H,1-9H3. The molecule has 1 rings (SSSR count). The molecule has 0 atom stereocenters. The van der Waals surface area contributed by atoms with Gasteiger partial charge in [-0.15, -0.1) is 0 Å². The number of rotatable bonds is 4. The minimum atomic E-state index is -1.34. The van der Waals surface area contributed by atoms with E-state index in [4.69, 9.17) is 9.16 Å². The van der Waals surface area contributed by atoms with Gasteiger partial charge in [-0.1, -0.05) is 41.5 Å². The van der Waals surface area contributed by atoms with Gasteiger partial charge in [0.15, 0.2) is 6.29 Å². The third-order valence-electron chi connectivity index (χ3n) is 3.50. The van der Waals surface area contributed by atoms with E-state index in [1.54, 1.807) is 7.11 Å². The van der Waals surface area contributed by atoms with Crippen molar-refractivity contribution in [3.63, 3.8) is 0 Å². The molecule has 0 unspecified atom stereocenters. The second kappa shape index (κ2) is 6.45. The van der Waals surface area contributed by atoms with Gasteiger partial charge in [0.1, 0.15) is 11.5 Å². The van der Waals surface area contributed by atoms with Crippen molar-refractivity contribution in [3.8, 4) is 11.5 Å². The predicted molar refractivity (Wildman–Crippen MR) is 95.3 cm³/mol. The van der Waals surface area contributed by atoms with Crippen LogP contribution < -0.4 is 9.16 Å². The van der Waals surface area contributed by atoms with E-state index in [2.05, 4.69) is 54.6 Å². The van der Waals surface area contributed by atoms with Crippen molar-refractivity contribution in [2.75, 3.05) is 7.11 Å². The Morgan fingerprint density at radius 1 is 1.00 bits per heavy atom. The lowest BCUT2D eigenvalue weighted by atomic mass is 9.78. The normalized spacial score (nSPS) is 12.5. The minimum Gasteiger partial charge on any atom is -0.546 e. The van der Waals surface area contributed by atoms with Gasteiger partial charge >= 0.3 is 0 Å². The second-order valence-electron chi connectivity index (χ2n) is 8.04. The van der Waals surface area contributed by atoms with E-state index in [0.29, 0.717) is 11.3 Å². The third kappa shape index (κ3) is 3.91. The highest BCUT2D eigenvalue weighted by Crippen LogP contribution is 2.46. The number of carbonyl (C=O) groups excluding carboxylic acids is 1. The van der Waals surface area contributed by atoms with Crippen LogP contribution in [0.3, 0.4) is 0 Å². The Morgan fingerprint density at radius 3 is 1.86 bits per heavy atom. The summed E-state index contributed by atoms with van der Waals surface area (Å²) in [6.45, 7) is 17.0. The van der Waals surface area contributed by atoms with E-state index in [0.717, 1.165) is 23.2 Å². The lowest BCUT2D eigenvalue weighted by Crippen LogP contribution is -2.23. The minimum absolute atomic E-state index is 0.114. The van der Waals surface area contributed by atoms with Gasteiger partial charge in [0.25, 0.3) is 0 Å². The van der Waals surface area contributed by atoms with Gasteiger partial charge in [0.05, 0.1) is 12.7 Å². The van der Waals surface area contributed by atoms with Crippen LogP contribution in [0.25, 0.3) is 0 Å². The van der Waals surface area contributed by atoms with Gasteiger partial charge in [-0.05, 0) is 30.0 Å². The number of hydrogen-bond donors (Lipinski definition) is 0. The van der Waals surface area contributed by atoms with Gasteiger partial charge in [-0.2, -0.15) is 0 Å². The van der Waals surface area contributed by atoms with Crippen molar-refractivity contribution in [3.05, 3.63) is 22.8 Å². The molecule has 0 spiro atoms. The molecule has 0 aromatic heterocycles. The number of ether oxygens (including phenoxy) is 1. The number of carbonyl (C=O) groups is 1. The number of hydrogen-bond acceptors (Lipinski definition) is 3. The number of methoxy groups -OCH3 is 1. The highest BCUT2D eigenvalue weighted by molar-refractivity contribution is 6.49. The lowest BCUT2D eigenvalue weighted by molar-refractivity contribution is 0.112. The molecule has 0 heterocycles. The first-order valence-corrected chi connectivity index (χ1v) is 10.6. The average molecular weight is 323 g/mol. The van der Waals surface area contributed by atoms with Gasteiger partial charge < -0.3 is 9.16 Å². The summed E-state index contributed by atoms with van der Waals surface area (Å²) < 4.78 is 11.9. The summed E-state index contributed by atoms with van der Waals surface area (Å²) in [7, 11) is 0.349. The molecule has 0 radical (unpaired) electrons. The summed E-state index contributed by atoms with van der Waals surface area (Å²) >= 11 is 0. The zero-order chi connectivity index (χ0) is 17.3. The van der Waals surface area contributed by atoms with Crippen LogP contribution in [0, 0.1) is 0 Å². The Bertz CT molecular complexity index is 549. The average Bonchev–Trinajstić information content (AvgIpc) is 2.34.